The second-order valence-electron chi connectivity index (χ2n) is 4.89. The molecule has 4 heteroatoms. The van der Waals surface area contributed by atoms with Crippen molar-refractivity contribution < 1.29 is 13.6 Å². The summed E-state index contributed by atoms with van der Waals surface area (Å²) in [6.07, 6.45) is 1.51. The van der Waals surface area contributed by atoms with E-state index >= 15 is 0 Å². The third-order valence-corrected chi connectivity index (χ3v) is 3.62. The van der Waals surface area contributed by atoms with Crippen LogP contribution in [0, 0.1) is 11.6 Å². The molecule has 0 unspecified atom stereocenters. The van der Waals surface area contributed by atoms with Crippen LogP contribution in [0.5, 0.6) is 0 Å². The molecule has 0 amide bonds. The quantitative estimate of drug-likeness (QED) is 0.707. The van der Waals surface area contributed by atoms with Gasteiger partial charge in [0.1, 0.15) is 11.6 Å². The average Bonchev–Trinajstić information content (AvgIpc) is 2.85. The van der Waals surface area contributed by atoms with Crippen LogP contribution in [0.2, 0.25) is 0 Å². The molecule has 0 radical (unpaired) electrons. The van der Waals surface area contributed by atoms with Crippen LogP contribution >= 0.6 is 0 Å². The average molecular weight is 285 g/mol. The highest BCUT2D eigenvalue weighted by molar-refractivity contribution is 6.04. The molecule has 0 aliphatic heterocycles. The molecular weight excluding hydrogens is 272 g/mol. The van der Waals surface area contributed by atoms with E-state index in [1.807, 2.05) is 31.2 Å². The fourth-order valence-electron chi connectivity index (χ4n) is 2.53. The zero-order chi connectivity index (χ0) is 15.0. The van der Waals surface area contributed by atoms with Gasteiger partial charge in [0.2, 0.25) is 0 Å². The summed E-state index contributed by atoms with van der Waals surface area (Å²) in [5.74, 6) is -1.41. The standard InChI is InChI=1S/C17H13F2NO/c1-2-10-3-5-11(6-4-10)17-13(9-21)16-14(19)7-12(18)8-15(16)20-17/h3-9,20H,2H2,1H3. The van der Waals surface area contributed by atoms with Gasteiger partial charge in [-0.05, 0) is 23.6 Å². The highest BCUT2D eigenvalue weighted by Gasteiger charge is 2.17. The van der Waals surface area contributed by atoms with Gasteiger partial charge in [-0.15, -0.1) is 0 Å². The minimum absolute atomic E-state index is 0.126. The second kappa shape index (κ2) is 5.13. The van der Waals surface area contributed by atoms with Crippen LogP contribution in [0.15, 0.2) is 36.4 Å². The monoisotopic (exact) mass is 285 g/mol. The summed E-state index contributed by atoms with van der Waals surface area (Å²) in [4.78, 5) is 14.3. The van der Waals surface area contributed by atoms with Crippen molar-refractivity contribution >= 4 is 17.2 Å². The smallest absolute Gasteiger partial charge is 0.152 e. The molecule has 2 aromatic carbocycles. The summed E-state index contributed by atoms with van der Waals surface area (Å²) in [7, 11) is 0. The Kier molecular flexibility index (Phi) is 3.29. The first-order chi connectivity index (χ1) is 10.1. The number of benzene rings is 2. The highest BCUT2D eigenvalue weighted by Crippen LogP contribution is 2.31. The van der Waals surface area contributed by atoms with E-state index in [9.17, 15) is 13.6 Å². The molecule has 3 rings (SSSR count). The van der Waals surface area contributed by atoms with E-state index in [0.29, 0.717) is 12.0 Å². The van der Waals surface area contributed by atoms with Crippen molar-refractivity contribution in [3.05, 3.63) is 59.2 Å². The van der Waals surface area contributed by atoms with Crippen molar-refractivity contribution in [3.63, 3.8) is 0 Å². The first-order valence-corrected chi connectivity index (χ1v) is 6.69. The number of aldehydes is 1. The number of nitrogens with one attached hydrogen (secondary N) is 1. The van der Waals surface area contributed by atoms with Crippen LogP contribution in [-0.2, 0) is 6.42 Å². The van der Waals surface area contributed by atoms with Crippen molar-refractivity contribution in [2.45, 2.75) is 13.3 Å². The van der Waals surface area contributed by atoms with Crippen LogP contribution in [0.25, 0.3) is 22.2 Å². The molecule has 106 valence electrons. The molecule has 1 heterocycles. The van der Waals surface area contributed by atoms with E-state index in [4.69, 9.17) is 0 Å². The molecule has 1 aromatic heterocycles. The van der Waals surface area contributed by atoms with E-state index in [1.165, 1.54) is 11.6 Å². The minimum Gasteiger partial charge on any atom is -0.354 e. The lowest BCUT2D eigenvalue weighted by atomic mass is 10.0. The van der Waals surface area contributed by atoms with Crippen molar-refractivity contribution in [3.8, 4) is 11.3 Å². The summed E-state index contributed by atoms with van der Waals surface area (Å²) in [5.41, 5.74) is 2.94. The number of rotatable bonds is 3. The molecule has 0 atom stereocenters. The fourth-order valence-corrected chi connectivity index (χ4v) is 2.53. The number of hydrogen-bond acceptors (Lipinski definition) is 1. The van der Waals surface area contributed by atoms with Crippen LogP contribution in [-0.4, -0.2) is 11.3 Å². The van der Waals surface area contributed by atoms with Gasteiger partial charge in [-0.3, -0.25) is 4.79 Å². The first-order valence-electron chi connectivity index (χ1n) is 6.69. The summed E-state index contributed by atoms with van der Waals surface area (Å²) in [6, 6.07) is 9.61. The van der Waals surface area contributed by atoms with Crippen LogP contribution in [0.3, 0.4) is 0 Å². The van der Waals surface area contributed by atoms with Crippen molar-refractivity contribution in [1.29, 1.82) is 0 Å². The lowest BCUT2D eigenvalue weighted by molar-refractivity contribution is 0.112. The molecule has 0 aliphatic rings. The first kappa shape index (κ1) is 13.5. The Morgan fingerprint density at radius 3 is 2.48 bits per heavy atom. The lowest BCUT2D eigenvalue weighted by Gasteiger charge is -2.02. The Morgan fingerprint density at radius 2 is 1.86 bits per heavy atom. The van der Waals surface area contributed by atoms with Crippen molar-refractivity contribution in [1.82, 2.24) is 4.98 Å². The molecule has 2 nitrogen and oxygen atoms in total. The molecule has 0 aliphatic carbocycles. The normalized spacial score (nSPS) is 11.0. The number of carbonyl (C=O) groups is 1. The van der Waals surface area contributed by atoms with Crippen LogP contribution in [0.1, 0.15) is 22.8 Å². The fraction of sp³-hybridized carbons (Fsp3) is 0.118. The zero-order valence-corrected chi connectivity index (χ0v) is 11.4. The van der Waals surface area contributed by atoms with Crippen molar-refractivity contribution in [2.75, 3.05) is 0 Å². The number of aromatic amines is 1. The third kappa shape index (κ3) is 2.23. The number of fused-ring (bicyclic) bond motifs is 1. The predicted molar refractivity (Wildman–Crippen MR) is 78.4 cm³/mol. The highest BCUT2D eigenvalue weighted by atomic mass is 19.1. The van der Waals surface area contributed by atoms with Gasteiger partial charge in [-0.25, -0.2) is 8.78 Å². The lowest BCUT2D eigenvalue weighted by Crippen LogP contribution is -1.87. The van der Waals surface area contributed by atoms with Gasteiger partial charge in [0.15, 0.2) is 6.29 Å². The Hall–Kier alpha value is -2.49. The predicted octanol–water partition coefficient (Wildman–Crippen LogP) is 4.49. The SMILES string of the molecule is CCc1ccc(-c2[nH]c3cc(F)cc(F)c3c2C=O)cc1. The molecular formula is C17H13F2NO. The maximum absolute atomic E-state index is 13.9. The third-order valence-electron chi connectivity index (χ3n) is 3.62. The molecule has 1 N–H and O–H groups in total. The molecule has 3 aromatic rings. The van der Waals surface area contributed by atoms with Crippen LogP contribution < -0.4 is 0 Å². The second-order valence-corrected chi connectivity index (χ2v) is 4.89. The van der Waals surface area contributed by atoms with Crippen LogP contribution in [0.4, 0.5) is 8.78 Å². The largest absolute Gasteiger partial charge is 0.354 e. The van der Waals surface area contributed by atoms with Gasteiger partial charge >= 0.3 is 0 Å². The van der Waals surface area contributed by atoms with E-state index in [0.717, 1.165) is 18.1 Å². The Labute approximate surface area is 120 Å². The molecule has 0 spiro atoms. The van der Waals surface area contributed by atoms with Crippen molar-refractivity contribution in [2.24, 2.45) is 0 Å². The van der Waals surface area contributed by atoms with Gasteiger partial charge in [-0.2, -0.15) is 0 Å². The number of carbonyl (C=O) groups excluding carboxylic acids is 1. The number of H-pyrrole nitrogens is 1. The van der Waals surface area contributed by atoms with Gasteiger partial charge in [0.05, 0.1) is 16.8 Å². The van der Waals surface area contributed by atoms with Gasteiger partial charge in [0, 0.05) is 11.5 Å². The summed E-state index contributed by atoms with van der Waals surface area (Å²) in [6.45, 7) is 2.05. The Balaban J connectivity index is 2.26. The molecule has 0 bridgehead atoms. The molecule has 0 saturated heterocycles. The number of halogens is 2. The van der Waals surface area contributed by atoms with E-state index in [-0.39, 0.29) is 16.5 Å². The minimum atomic E-state index is -0.736. The number of hydrogen-bond donors (Lipinski definition) is 1. The molecule has 0 saturated carbocycles. The Morgan fingerprint density at radius 1 is 1.14 bits per heavy atom. The zero-order valence-electron chi connectivity index (χ0n) is 11.4. The van der Waals surface area contributed by atoms with E-state index < -0.39 is 11.6 Å². The summed E-state index contributed by atoms with van der Waals surface area (Å²) in [5, 5.41) is 0.126. The summed E-state index contributed by atoms with van der Waals surface area (Å²) < 4.78 is 27.2. The topological polar surface area (TPSA) is 32.9 Å². The molecule has 21 heavy (non-hydrogen) atoms. The van der Waals surface area contributed by atoms with Gasteiger partial charge in [-0.1, -0.05) is 31.2 Å². The number of aryl methyl sites for hydroxylation is 1. The maximum Gasteiger partial charge on any atom is 0.152 e. The van der Waals surface area contributed by atoms with E-state index in [2.05, 4.69) is 4.98 Å². The maximum atomic E-state index is 13.9. The van der Waals surface area contributed by atoms with Gasteiger partial charge < -0.3 is 4.98 Å². The van der Waals surface area contributed by atoms with E-state index in [1.54, 1.807) is 0 Å². The number of aromatic nitrogens is 1. The molecule has 0 fully saturated rings. The summed E-state index contributed by atoms with van der Waals surface area (Å²) >= 11 is 0. The van der Waals surface area contributed by atoms with Gasteiger partial charge in [0.25, 0.3) is 0 Å². The Bertz CT molecular complexity index is 819.